The summed E-state index contributed by atoms with van der Waals surface area (Å²) in [6.07, 6.45) is -3.79. The highest BCUT2D eigenvalue weighted by molar-refractivity contribution is 9.10. The van der Waals surface area contributed by atoms with E-state index in [9.17, 15) is 22.4 Å². The number of alkyl halides is 3. The molecule has 0 bridgehead atoms. The quantitative estimate of drug-likeness (QED) is 0.398. The van der Waals surface area contributed by atoms with Crippen molar-refractivity contribution in [2.24, 2.45) is 0 Å². The van der Waals surface area contributed by atoms with E-state index in [0.717, 1.165) is 21.4 Å². The van der Waals surface area contributed by atoms with Crippen LogP contribution in [0.5, 0.6) is 0 Å². The summed E-state index contributed by atoms with van der Waals surface area (Å²) in [6.45, 7) is 0. The molecule has 0 radical (unpaired) electrons. The number of benzene rings is 2. The van der Waals surface area contributed by atoms with Gasteiger partial charge in [-0.2, -0.15) is 18.3 Å². The fourth-order valence-corrected chi connectivity index (χ4v) is 3.80. The lowest BCUT2D eigenvalue weighted by atomic mass is 9.96. The van der Waals surface area contributed by atoms with Gasteiger partial charge in [-0.3, -0.25) is 4.79 Å². The molecule has 5 nitrogen and oxygen atoms in total. The third-order valence-corrected chi connectivity index (χ3v) is 5.77. The van der Waals surface area contributed by atoms with Crippen LogP contribution < -0.4 is 10.6 Å². The van der Waals surface area contributed by atoms with Crippen molar-refractivity contribution < 1.29 is 22.4 Å². The van der Waals surface area contributed by atoms with Crippen molar-refractivity contribution in [1.82, 2.24) is 9.78 Å². The Labute approximate surface area is 187 Å². The monoisotopic (exact) mass is 516 g/mol. The average Bonchev–Trinajstić information content (AvgIpc) is 3.14. The molecule has 3 aromatic rings. The second-order valence-corrected chi connectivity index (χ2v) is 8.30. The third kappa shape index (κ3) is 4.40. The predicted molar refractivity (Wildman–Crippen MR) is 112 cm³/mol. The van der Waals surface area contributed by atoms with Crippen LogP contribution >= 0.6 is 27.5 Å². The van der Waals surface area contributed by atoms with Gasteiger partial charge in [0, 0.05) is 16.6 Å². The van der Waals surface area contributed by atoms with Crippen LogP contribution in [0.2, 0.25) is 5.02 Å². The number of fused-ring (bicyclic) bond motifs is 1. The number of anilines is 2. The van der Waals surface area contributed by atoms with Gasteiger partial charge in [0.25, 0.3) is 5.91 Å². The Balaban J connectivity index is 1.68. The molecular weight excluding hydrogens is 504 g/mol. The zero-order valence-electron chi connectivity index (χ0n) is 15.6. The Morgan fingerprint density at radius 2 is 1.94 bits per heavy atom. The first-order chi connectivity index (χ1) is 14.6. The Bertz CT molecular complexity index is 1130. The van der Waals surface area contributed by atoms with Gasteiger partial charge in [-0.25, -0.2) is 9.07 Å². The van der Waals surface area contributed by atoms with E-state index in [-0.39, 0.29) is 28.5 Å². The first kappa shape index (κ1) is 21.6. The van der Waals surface area contributed by atoms with Gasteiger partial charge in [-0.1, -0.05) is 39.7 Å². The minimum absolute atomic E-state index is 0.0616. The molecule has 1 aliphatic heterocycles. The van der Waals surface area contributed by atoms with Gasteiger partial charge in [0.05, 0.1) is 17.3 Å². The van der Waals surface area contributed by atoms with Gasteiger partial charge < -0.3 is 10.6 Å². The zero-order valence-corrected chi connectivity index (χ0v) is 17.9. The maximum absolute atomic E-state index is 13.8. The second kappa shape index (κ2) is 8.16. The molecule has 2 N–H and O–H groups in total. The number of rotatable bonds is 3. The molecule has 0 unspecified atom stereocenters. The molecule has 2 heterocycles. The zero-order chi connectivity index (χ0) is 22.3. The number of nitrogens with one attached hydrogen (secondary N) is 2. The molecule has 0 aliphatic carbocycles. The standard InChI is InChI=1S/C20H14BrClF4N4O/c21-11-3-1-10(2-4-11)16-8-17(20(24,25)26)30-18(29-16)13(9-27-30)19(31)28-12-5-6-14(22)15(23)7-12/h1-7,9,16-17,29H,8H2,(H,28,31)/t16-,17-/m0/s1. The maximum Gasteiger partial charge on any atom is 0.410 e. The van der Waals surface area contributed by atoms with Crippen LogP contribution in [0, 0.1) is 5.82 Å². The fourth-order valence-electron chi connectivity index (χ4n) is 3.41. The van der Waals surface area contributed by atoms with Crippen molar-refractivity contribution in [1.29, 1.82) is 0 Å². The molecule has 31 heavy (non-hydrogen) atoms. The fraction of sp³-hybridized carbons (Fsp3) is 0.200. The molecule has 0 fully saturated rings. The largest absolute Gasteiger partial charge is 0.410 e. The molecule has 162 valence electrons. The minimum atomic E-state index is -4.57. The van der Waals surface area contributed by atoms with E-state index >= 15 is 0 Å². The molecule has 0 saturated carbocycles. The highest BCUT2D eigenvalue weighted by Crippen LogP contribution is 2.44. The number of hydrogen-bond acceptors (Lipinski definition) is 3. The number of halogens is 6. The number of aromatic nitrogens is 2. The normalized spacial score (nSPS) is 18.3. The molecule has 2 atom stereocenters. The van der Waals surface area contributed by atoms with Crippen molar-refractivity contribution in [3.8, 4) is 0 Å². The molecule has 4 rings (SSSR count). The van der Waals surface area contributed by atoms with Gasteiger partial charge in [0.2, 0.25) is 0 Å². The van der Waals surface area contributed by atoms with Gasteiger partial charge in [0.1, 0.15) is 17.2 Å². The van der Waals surface area contributed by atoms with E-state index in [1.165, 1.54) is 12.1 Å². The molecule has 0 spiro atoms. The van der Waals surface area contributed by atoms with E-state index < -0.39 is 30.0 Å². The maximum atomic E-state index is 13.8. The van der Waals surface area contributed by atoms with Crippen LogP contribution in [0.1, 0.15) is 34.4 Å². The Hall–Kier alpha value is -2.59. The van der Waals surface area contributed by atoms with E-state index in [2.05, 4.69) is 31.7 Å². The first-order valence-corrected chi connectivity index (χ1v) is 10.2. The number of nitrogens with zero attached hydrogens (tertiary/aromatic N) is 2. The van der Waals surface area contributed by atoms with Crippen LogP contribution in [0.4, 0.5) is 29.1 Å². The number of carbonyl (C=O) groups is 1. The lowest BCUT2D eigenvalue weighted by molar-refractivity contribution is -0.173. The second-order valence-electron chi connectivity index (χ2n) is 6.98. The van der Waals surface area contributed by atoms with Crippen LogP contribution in [0.3, 0.4) is 0 Å². The van der Waals surface area contributed by atoms with E-state index in [4.69, 9.17) is 11.6 Å². The average molecular weight is 518 g/mol. The van der Waals surface area contributed by atoms with Crippen LogP contribution in [0.25, 0.3) is 0 Å². The van der Waals surface area contributed by atoms with Crippen molar-refractivity contribution in [2.45, 2.75) is 24.7 Å². The number of carbonyl (C=O) groups excluding carboxylic acids is 1. The van der Waals surface area contributed by atoms with Gasteiger partial charge in [0.15, 0.2) is 6.04 Å². The van der Waals surface area contributed by atoms with Crippen LogP contribution in [-0.2, 0) is 0 Å². The number of amides is 1. The van der Waals surface area contributed by atoms with Gasteiger partial charge in [-0.15, -0.1) is 0 Å². The summed E-state index contributed by atoms with van der Waals surface area (Å²) in [6, 6.07) is 7.94. The summed E-state index contributed by atoms with van der Waals surface area (Å²) < 4.78 is 56.5. The molecule has 0 saturated heterocycles. The first-order valence-electron chi connectivity index (χ1n) is 9.06. The minimum Gasteiger partial charge on any atom is -0.363 e. The highest BCUT2D eigenvalue weighted by Gasteiger charge is 2.47. The SMILES string of the molecule is O=C(Nc1ccc(Cl)c(F)c1)c1cnn2c1N[C@H](c1ccc(Br)cc1)C[C@H]2C(F)(F)F. The lowest BCUT2D eigenvalue weighted by Gasteiger charge is -2.34. The molecule has 2 aromatic carbocycles. The molecule has 1 aliphatic rings. The van der Waals surface area contributed by atoms with Gasteiger partial charge in [-0.05, 0) is 35.9 Å². The Morgan fingerprint density at radius 1 is 1.23 bits per heavy atom. The smallest absolute Gasteiger partial charge is 0.363 e. The van der Waals surface area contributed by atoms with Crippen molar-refractivity contribution in [3.05, 3.63) is 75.1 Å². The van der Waals surface area contributed by atoms with E-state index in [1.54, 1.807) is 24.3 Å². The van der Waals surface area contributed by atoms with Crippen molar-refractivity contribution >= 4 is 44.9 Å². The molecule has 1 amide bonds. The summed E-state index contributed by atoms with van der Waals surface area (Å²) in [5.74, 6) is -1.52. The summed E-state index contributed by atoms with van der Waals surface area (Å²) in [5, 5.41) is 9.15. The van der Waals surface area contributed by atoms with E-state index in [1.807, 2.05) is 0 Å². The molecular formula is C20H14BrClF4N4O. The molecule has 11 heteroatoms. The van der Waals surface area contributed by atoms with Crippen LogP contribution in [-0.4, -0.2) is 21.9 Å². The van der Waals surface area contributed by atoms with Gasteiger partial charge >= 0.3 is 6.18 Å². The van der Waals surface area contributed by atoms with E-state index in [0.29, 0.717) is 5.56 Å². The van der Waals surface area contributed by atoms with Crippen molar-refractivity contribution in [2.75, 3.05) is 10.6 Å². The number of hydrogen-bond donors (Lipinski definition) is 2. The highest BCUT2D eigenvalue weighted by atomic mass is 79.9. The van der Waals surface area contributed by atoms with Crippen molar-refractivity contribution in [3.63, 3.8) is 0 Å². The Kier molecular flexibility index (Phi) is 5.69. The predicted octanol–water partition coefficient (Wildman–Crippen LogP) is 6.35. The lowest BCUT2D eigenvalue weighted by Crippen LogP contribution is -2.36. The summed E-state index contributed by atoms with van der Waals surface area (Å²) in [7, 11) is 0. The topological polar surface area (TPSA) is 59.0 Å². The molecule has 1 aromatic heterocycles. The Morgan fingerprint density at radius 3 is 2.58 bits per heavy atom. The summed E-state index contributed by atoms with van der Waals surface area (Å²) in [5.41, 5.74) is 0.655. The summed E-state index contributed by atoms with van der Waals surface area (Å²) in [4.78, 5) is 12.7. The van der Waals surface area contributed by atoms with Crippen LogP contribution in [0.15, 0.2) is 53.1 Å². The summed E-state index contributed by atoms with van der Waals surface area (Å²) >= 11 is 8.94. The third-order valence-electron chi connectivity index (χ3n) is 4.93.